The van der Waals surface area contributed by atoms with E-state index in [9.17, 15) is 5.41 Å². The number of aromatic nitrogens is 1. The Balaban J connectivity index is 0.000000389. The van der Waals surface area contributed by atoms with Crippen LogP contribution in [0.4, 0.5) is 0 Å². The monoisotopic (exact) mass is 599 g/mol. The van der Waals surface area contributed by atoms with Gasteiger partial charge in [0.25, 0.3) is 0 Å². The Labute approximate surface area is 207 Å². The number of allylic oxidation sites excluding steroid dienone is 7. The first-order valence-electron chi connectivity index (χ1n) is 10.9. The van der Waals surface area contributed by atoms with E-state index in [0.29, 0.717) is 11.1 Å². The molecule has 0 aliphatic carbocycles. The minimum absolute atomic E-state index is 0. The molecule has 0 fully saturated rings. The second-order valence-corrected chi connectivity index (χ2v) is 5.81. The van der Waals surface area contributed by atoms with Crippen molar-refractivity contribution in [2.45, 2.75) is 0 Å². The predicted molar refractivity (Wildman–Crippen MR) is 132 cm³/mol. The molecule has 4 rings (SSSR count). The summed E-state index contributed by atoms with van der Waals surface area (Å²) in [7, 11) is 0. The molecule has 0 aliphatic heterocycles. The van der Waals surface area contributed by atoms with Crippen LogP contribution in [-0.2, 0) is 20.1 Å². The molecule has 0 aliphatic rings. The van der Waals surface area contributed by atoms with E-state index in [-0.39, 0.29) is 37.9 Å². The first kappa shape index (κ1) is 21.6. The number of furan rings is 1. The van der Waals surface area contributed by atoms with Crippen LogP contribution in [0.1, 0.15) is 9.68 Å². The average Bonchev–Trinajstić information content (AvgIpc) is 3.26. The summed E-state index contributed by atoms with van der Waals surface area (Å²) in [6, 6.07) is 18.8. The van der Waals surface area contributed by atoms with Gasteiger partial charge in [-0.1, -0.05) is 48.3 Å². The number of pyridine rings is 1. The molecule has 0 amide bonds. The van der Waals surface area contributed by atoms with Gasteiger partial charge in [-0.15, -0.1) is 24.3 Å². The molecule has 0 atom stereocenters. The molecule has 0 unspecified atom stereocenters. The predicted octanol–water partition coefficient (Wildman–Crippen LogP) is 7.28. The second kappa shape index (κ2) is 15.2. The van der Waals surface area contributed by atoms with Gasteiger partial charge in [0.05, 0.1) is 8.32 Å². The van der Waals surface area contributed by atoms with Crippen LogP contribution in [0.25, 0.3) is 27.3 Å². The van der Waals surface area contributed by atoms with Crippen LogP contribution in [0.5, 0.6) is 0 Å². The van der Waals surface area contributed by atoms with Crippen molar-refractivity contribution in [2.24, 2.45) is 0 Å². The van der Waals surface area contributed by atoms with Crippen molar-refractivity contribution in [1.29, 1.82) is 0 Å². The summed E-state index contributed by atoms with van der Waals surface area (Å²) in [5.41, 5.74) is 1.34. The third kappa shape index (κ3) is 8.27. The molecule has 32 heavy (non-hydrogen) atoms. The normalized spacial score (nSPS) is 12.2. The molecule has 0 saturated heterocycles. The van der Waals surface area contributed by atoms with Gasteiger partial charge in [-0.25, -0.2) is 5.71 Å². The largest absolute Gasteiger partial charge is 3.00 e. The summed E-state index contributed by atoms with van der Waals surface area (Å²) in [5, 5.41) is 11.9. The van der Waals surface area contributed by atoms with Crippen molar-refractivity contribution >= 4 is 27.7 Å². The standard InChI is InChI=1S/C17H11NO.C6H7.C5H5N.Ir/c1-2-3-7-15(18)12-9-10-17-14(11-12)13-6-4-5-8-16(13)19-17;1-3-5-6-4-2;1-2-4-6-5-3-1;/h2-8,10-11H,1H2;3-5H,1-2H2;1-5H;/q-2;-1;;+3/b7-3-;;;/i1D,3D,7D;;;/b2-1?,7-3-;;;. The fourth-order valence-corrected chi connectivity index (χ4v) is 2.43. The SMILES string of the molecule is C=C[C-]=CC=C.[2H]C=C/C([2H])=C(/[2H])C(=[N-])c1[c-]cc2oc3ccccc3c2c1.[Ir+3].c1ccncc1. The zero-order valence-electron chi connectivity index (χ0n) is 20.3. The van der Waals surface area contributed by atoms with E-state index in [4.69, 9.17) is 8.53 Å². The van der Waals surface area contributed by atoms with Gasteiger partial charge in [0.1, 0.15) is 5.58 Å². The summed E-state index contributed by atoms with van der Waals surface area (Å²) in [6.07, 6.45) is 12.3. The zero-order chi connectivity index (χ0) is 24.8. The number of hydrogen-bond donors (Lipinski definition) is 0. The molecular weight excluding hydrogens is 573 g/mol. The van der Waals surface area contributed by atoms with Crippen LogP contribution in [0, 0.1) is 12.1 Å². The number of benzene rings is 2. The minimum Gasteiger partial charge on any atom is -0.855 e. The van der Waals surface area contributed by atoms with Crippen molar-refractivity contribution in [2.75, 3.05) is 0 Å². The molecule has 2 aromatic carbocycles. The van der Waals surface area contributed by atoms with Gasteiger partial charge in [0.2, 0.25) is 0 Å². The zero-order valence-corrected chi connectivity index (χ0v) is 19.7. The maximum Gasteiger partial charge on any atom is 3.00 e. The molecule has 0 saturated carbocycles. The van der Waals surface area contributed by atoms with Gasteiger partial charge in [-0.3, -0.25) is 4.98 Å². The summed E-state index contributed by atoms with van der Waals surface area (Å²) >= 11 is 0. The molecule has 0 radical (unpaired) electrons. The Kier molecular flexibility index (Phi) is 10.3. The van der Waals surface area contributed by atoms with Crippen molar-refractivity contribution in [3.63, 3.8) is 0 Å². The van der Waals surface area contributed by atoms with Gasteiger partial charge in [-0.05, 0) is 18.2 Å². The van der Waals surface area contributed by atoms with Crippen molar-refractivity contribution in [1.82, 2.24) is 4.98 Å². The minimum atomic E-state index is -0.355. The van der Waals surface area contributed by atoms with Gasteiger partial charge in [-0.2, -0.15) is 43.0 Å². The smallest absolute Gasteiger partial charge is 0.855 e. The topological polar surface area (TPSA) is 48.3 Å². The van der Waals surface area contributed by atoms with Crippen LogP contribution in [0.2, 0.25) is 0 Å². The first-order chi connectivity index (χ1) is 16.5. The van der Waals surface area contributed by atoms with E-state index in [1.807, 2.05) is 42.5 Å². The summed E-state index contributed by atoms with van der Waals surface area (Å²) in [6.45, 7) is 7.74. The molecule has 0 bridgehead atoms. The third-order valence-corrected chi connectivity index (χ3v) is 3.74. The molecule has 2 aromatic heterocycles. The molecule has 0 spiro atoms. The Bertz CT molecular complexity index is 1310. The van der Waals surface area contributed by atoms with Crippen LogP contribution in [0.15, 0.2) is 128 Å². The summed E-state index contributed by atoms with van der Waals surface area (Å²) < 4.78 is 28.0. The maximum atomic E-state index is 10.1. The average molecular weight is 599 g/mol. The van der Waals surface area contributed by atoms with Crippen molar-refractivity contribution in [3.05, 3.63) is 146 Å². The Morgan fingerprint density at radius 2 is 1.88 bits per heavy atom. The Hall–Kier alpha value is -3.59. The number of nitrogens with zero attached hydrogens (tertiary/aromatic N) is 2. The Morgan fingerprint density at radius 1 is 1.09 bits per heavy atom. The van der Waals surface area contributed by atoms with E-state index in [0.717, 1.165) is 29.0 Å². The van der Waals surface area contributed by atoms with Crippen LogP contribution < -0.4 is 0 Å². The number of fused-ring (bicyclic) bond motifs is 3. The van der Waals surface area contributed by atoms with E-state index < -0.39 is 0 Å². The van der Waals surface area contributed by atoms with E-state index >= 15 is 0 Å². The molecule has 0 N–H and O–H groups in total. The Morgan fingerprint density at radius 3 is 2.47 bits per heavy atom. The van der Waals surface area contributed by atoms with Gasteiger partial charge in [0.15, 0.2) is 0 Å². The van der Waals surface area contributed by atoms with Gasteiger partial charge < -0.3 is 9.83 Å². The quantitative estimate of drug-likeness (QED) is 0.138. The first-order valence-corrected chi connectivity index (χ1v) is 9.31. The molecule has 3 nitrogen and oxygen atoms in total. The van der Waals surface area contributed by atoms with Crippen LogP contribution in [-0.4, -0.2) is 10.7 Å². The third-order valence-electron chi connectivity index (χ3n) is 3.74. The molecule has 2 heterocycles. The fraction of sp³-hybridized carbons (Fsp3) is 0. The fourth-order valence-electron chi connectivity index (χ4n) is 2.43. The molecule has 160 valence electrons. The van der Waals surface area contributed by atoms with Crippen molar-refractivity contribution < 1.29 is 28.6 Å². The summed E-state index contributed by atoms with van der Waals surface area (Å²) in [4.78, 5) is 3.78. The van der Waals surface area contributed by atoms with Crippen LogP contribution >= 0.6 is 0 Å². The summed E-state index contributed by atoms with van der Waals surface area (Å²) in [5.74, 6) is 0. The maximum absolute atomic E-state index is 10.1. The molecule has 4 aromatic rings. The second-order valence-electron chi connectivity index (χ2n) is 5.81. The number of hydrogen-bond acceptors (Lipinski definition) is 2. The number of rotatable bonds is 5. The number of para-hydroxylation sites is 1. The van der Waals surface area contributed by atoms with Crippen molar-refractivity contribution in [3.8, 4) is 0 Å². The van der Waals surface area contributed by atoms with E-state index in [1.165, 1.54) is 0 Å². The van der Waals surface area contributed by atoms with E-state index in [1.54, 1.807) is 42.8 Å². The van der Waals surface area contributed by atoms with Crippen LogP contribution in [0.3, 0.4) is 0 Å². The van der Waals surface area contributed by atoms with E-state index in [2.05, 4.69) is 30.3 Å². The van der Waals surface area contributed by atoms with Gasteiger partial charge in [0, 0.05) is 19.2 Å². The van der Waals surface area contributed by atoms with Gasteiger partial charge >= 0.3 is 20.1 Å². The molecular formula is C28H23IrN2O. The molecule has 4 heteroatoms.